The number of benzene rings is 1. The summed E-state index contributed by atoms with van der Waals surface area (Å²) >= 11 is 0. The highest BCUT2D eigenvalue weighted by Gasteiger charge is 2.44. The van der Waals surface area contributed by atoms with Crippen molar-refractivity contribution in [3.63, 3.8) is 0 Å². The van der Waals surface area contributed by atoms with Gasteiger partial charge in [0.05, 0.1) is 0 Å². The summed E-state index contributed by atoms with van der Waals surface area (Å²) in [4.78, 5) is 0.150. The molecule has 0 heterocycles. The number of hydrogen-bond donors (Lipinski definition) is 3. The highest BCUT2D eigenvalue weighted by molar-refractivity contribution is 8.51. The normalized spacial score (nSPS) is 16.7. The monoisotopic (exact) mass is 226 g/mol. The van der Waals surface area contributed by atoms with Crippen LogP contribution in [0.4, 0.5) is 0 Å². The van der Waals surface area contributed by atoms with Crippen LogP contribution in [0, 0.1) is 0 Å². The molecule has 0 amide bonds. The molecule has 0 spiro atoms. The van der Waals surface area contributed by atoms with E-state index in [-0.39, 0.29) is 17.3 Å². The lowest BCUT2D eigenvalue weighted by atomic mass is 10.4. The van der Waals surface area contributed by atoms with Gasteiger partial charge in [-0.1, -0.05) is 18.2 Å². The summed E-state index contributed by atoms with van der Waals surface area (Å²) in [5.41, 5.74) is 0. The molecular formula is C8H15ClO3S. The average Bonchev–Trinajstić information content (AvgIpc) is 1.85. The van der Waals surface area contributed by atoms with Gasteiger partial charge in [0.2, 0.25) is 0 Å². The second-order valence-corrected chi connectivity index (χ2v) is 9.08. The van der Waals surface area contributed by atoms with Crippen LogP contribution in [0.3, 0.4) is 0 Å². The van der Waals surface area contributed by atoms with Gasteiger partial charge in [0.1, 0.15) is 0 Å². The van der Waals surface area contributed by atoms with Gasteiger partial charge in [-0.2, -0.15) is 0 Å². The molecule has 1 rings (SSSR count). The van der Waals surface area contributed by atoms with E-state index in [1.807, 2.05) is 0 Å². The molecule has 1 aromatic carbocycles. The Morgan fingerprint density at radius 2 is 1.31 bits per heavy atom. The molecule has 0 atom stereocenters. The first-order chi connectivity index (χ1) is 5.09. The molecular weight excluding hydrogens is 212 g/mol. The van der Waals surface area contributed by atoms with Crippen LogP contribution in [0.15, 0.2) is 35.2 Å². The van der Waals surface area contributed by atoms with Crippen LogP contribution < -0.4 is 0 Å². The summed E-state index contributed by atoms with van der Waals surface area (Å²) in [6.45, 7) is 0. The summed E-state index contributed by atoms with van der Waals surface area (Å²) < 4.78 is 28.9. The van der Waals surface area contributed by atoms with Crippen LogP contribution in [0.1, 0.15) is 0 Å². The van der Waals surface area contributed by atoms with Gasteiger partial charge in [-0.3, -0.25) is 0 Å². The summed E-state index contributed by atoms with van der Waals surface area (Å²) in [6.07, 6.45) is 2.10. The van der Waals surface area contributed by atoms with Crippen LogP contribution in [-0.2, 0) is 0 Å². The van der Waals surface area contributed by atoms with Crippen LogP contribution in [0.2, 0.25) is 0 Å². The molecule has 0 saturated heterocycles. The molecule has 13 heavy (non-hydrogen) atoms. The van der Waals surface area contributed by atoms with E-state index in [2.05, 4.69) is 0 Å². The molecule has 1 aromatic rings. The molecule has 0 unspecified atom stereocenters. The second kappa shape index (κ2) is 2.62. The number of rotatable bonds is 1. The van der Waals surface area contributed by atoms with E-state index in [9.17, 15) is 13.7 Å². The molecule has 0 saturated carbocycles. The maximum Gasteiger partial charge on any atom is 0.0364 e. The maximum atomic E-state index is 9.65. The molecule has 5 heteroatoms. The smallest absolute Gasteiger partial charge is 0.0364 e. The minimum Gasteiger partial charge on any atom is -0.325 e. The van der Waals surface area contributed by atoms with Gasteiger partial charge in [-0.15, -0.1) is 12.4 Å². The van der Waals surface area contributed by atoms with Gasteiger partial charge in [0.15, 0.2) is 0 Å². The highest BCUT2D eigenvalue weighted by atomic mass is 35.5. The van der Waals surface area contributed by atoms with Crippen molar-refractivity contribution in [1.29, 1.82) is 0 Å². The Morgan fingerprint density at radius 3 is 1.54 bits per heavy atom. The summed E-state index contributed by atoms with van der Waals surface area (Å²) in [6, 6.07) is 8.01. The van der Waals surface area contributed by atoms with Crippen LogP contribution in [0.5, 0.6) is 0 Å². The Labute approximate surface area is 83.3 Å². The van der Waals surface area contributed by atoms with Crippen molar-refractivity contribution in [3.05, 3.63) is 30.3 Å². The lowest BCUT2D eigenvalue weighted by Gasteiger charge is -2.61. The molecule has 0 fully saturated rings. The Hall–Kier alpha value is -0.260. The first-order valence-corrected chi connectivity index (χ1v) is 6.62. The molecule has 0 aliphatic heterocycles. The average molecular weight is 227 g/mol. The van der Waals surface area contributed by atoms with Crippen LogP contribution >= 0.6 is 21.5 Å². The number of hydrogen-bond acceptors (Lipinski definition) is 3. The number of halogens is 1. The van der Waals surface area contributed by atoms with Gasteiger partial charge >= 0.3 is 0 Å². The first kappa shape index (κ1) is 12.7. The largest absolute Gasteiger partial charge is 0.325 e. The zero-order valence-corrected chi connectivity index (χ0v) is 9.18. The molecule has 3 N–H and O–H groups in total. The predicted octanol–water partition coefficient (Wildman–Crippen LogP) is 3.02. The van der Waals surface area contributed by atoms with Crippen molar-refractivity contribution in [2.75, 3.05) is 12.5 Å². The van der Waals surface area contributed by atoms with Crippen molar-refractivity contribution in [1.82, 2.24) is 0 Å². The third-order valence-electron chi connectivity index (χ3n) is 1.53. The Bertz CT molecular complexity index is 289. The SMILES string of the molecule is CS(C)(O)(O)(O)c1ccccc1.Cl. The van der Waals surface area contributed by atoms with Gasteiger partial charge in [-0.25, -0.2) is 0 Å². The van der Waals surface area contributed by atoms with E-state index in [0.29, 0.717) is 0 Å². The van der Waals surface area contributed by atoms with E-state index in [1.54, 1.807) is 18.2 Å². The predicted molar refractivity (Wildman–Crippen MR) is 59.3 cm³/mol. The first-order valence-electron chi connectivity index (χ1n) is 3.48. The van der Waals surface area contributed by atoms with Gasteiger partial charge in [0, 0.05) is 17.4 Å². The maximum absolute atomic E-state index is 9.65. The van der Waals surface area contributed by atoms with E-state index in [4.69, 9.17) is 0 Å². The summed E-state index contributed by atoms with van der Waals surface area (Å²) in [7, 11) is -4.93. The Kier molecular flexibility index (Phi) is 2.57. The topological polar surface area (TPSA) is 60.7 Å². The Morgan fingerprint density at radius 1 is 0.923 bits per heavy atom. The van der Waals surface area contributed by atoms with E-state index in [0.717, 1.165) is 12.5 Å². The standard InChI is InChI=1S/C8H14O3S.ClH/c1-12(2,9,10,11)8-6-4-3-5-7-8;/h3-7,9-11H,1-2H3;1H. The van der Waals surface area contributed by atoms with Crippen molar-refractivity contribution in [2.45, 2.75) is 4.90 Å². The molecule has 78 valence electrons. The molecule has 3 nitrogen and oxygen atoms in total. The van der Waals surface area contributed by atoms with Crippen molar-refractivity contribution in [3.8, 4) is 0 Å². The zero-order valence-electron chi connectivity index (χ0n) is 7.54. The molecule has 0 radical (unpaired) electrons. The molecule has 0 aliphatic rings. The van der Waals surface area contributed by atoms with Crippen LogP contribution in [0.25, 0.3) is 0 Å². The minimum atomic E-state index is -4.93. The molecule has 0 aliphatic carbocycles. The molecule has 0 bridgehead atoms. The van der Waals surface area contributed by atoms with Crippen molar-refractivity contribution in [2.24, 2.45) is 0 Å². The fourth-order valence-corrected chi connectivity index (χ4v) is 1.94. The lowest BCUT2D eigenvalue weighted by Crippen LogP contribution is -2.31. The van der Waals surface area contributed by atoms with Crippen LogP contribution in [-0.4, -0.2) is 26.2 Å². The fraction of sp³-hybridized carbons (Fsp3) is 0.250. The van der Waals surface area contributed by atoms with E-state index in [1.165, 1.54) is 12.1 Å². The second-order valence-electron chi connectivity index (χ2n) is 3.74. The zero-order chi connectivity index (χ0) is 9.52. The van der Waals surface area contributed by atoms with Gasteiger partial charge in [0.25, 0.3) is 0 Å². The van der Waals surface area contributed by atoms with Crippen molar-refractivity contribution < 1.29 is 13.7 Å². The van der Waals surface area contributed by atoms with E-state index < -0.39 is 9.14 Å². The molecule has 0 aromatic heterocycles. The fourth-order valence-electron chi connectivity index (χ4n) is 0.875. The third kappa shape index (κ3) is 3.54. The van der Waals surface area contributed by atoms with Gasteiger partial charge in [-0.05, 0) is 21.3 Å². The van der Waals surface area contributed by atoms with E-state index >= 15 is 0 Å². The minimum absolute atomic E-state index is 0. The highest BCUT2D eigenvalue weighted by Crippen LogP contribution is 2.79. The Balaban J connectivity index is 0.00000144. The summed E-state index contributed by atoms with van der Waals surface area (Å²) in [5, 5.41) is 0. The lowest BCUT2D eigenvalue weighted by molar-refractivity contribution is 0.320. The van der Waals surface area contributed by atoms with Gasteiger partial charge < -0.3 is 13.7 Å². The summed E-state index contributed by atoms with van der Waals surface area (Å²) in [5.74, 6) is 0. The quantitative estimate of drug-likeness (QED) is 0.690. The third-order valence-corrected chi connectivity index (χ3v) is 3.38. The van der Waals surface area contributed by atoms with Crippen molar-refractivity contribution >= 4 is 21.5 Å².